The summed E-state index contributed by atoms with van der Waals surface area (Å²) in [6.07, 6.45) is 2.08. The van der Waals surface area contributed by atoms with E-state index in [1.807, 2.05) is 11.9 Å². The van der Waals surface area contributed by atoms with Crippen molar-refractivity contribution in [3.8, 4) is 0 Å². The van der Waals surface area contributed by atoms with E-state index in [-0.39, 0.29) is 5.82 Å². The van der Waals surface area contributed by atoms with Crippen LogP contribution in [0.3, 0.4) is 0 Å². The topological polar surface area (TPSA) is 6.48 Å². The first kappa shape index (κ1) is 18.0. The predicted octanol–water partition coefficient (Wildman–Crippen LogP) is 5.31. The molecule has 0 radical (unpaired) electrons. The first-order valence-electron chi connectivity index (χ1n) is 8.74. The molecule has 0 atom stereocenters. The third-order valence-corrected chi connectivity index (χ3v) is 4.87. The number of likely N-dealkylation sites (tertiary alicyclic amines) is 1. The summed E-state index contributed by atoms with van der Waals surface area (Å²) in [6, 6.07) is 12.9. The van der Waals surface area contributed by atoms with E-state index in [0.29, 0.717) is 0 Å². The Kier molecular flexibility index (Phi) is 4.99. The molecule has 0 unspecified atom stereocenters. The fourth-order valence-electron chi connectivity index (χ4n) is 3.23. The lowest BCUT2D eigenvalue weighted by Gasteiger charge is -2.22. The van der Waals surface area contributed by atoms with Gasteiger partial charge in [0, 0.05) is 43.3 Å². The lowest BCUT2D eigenvalue weighted by molar-refractivity contribution is 0.516. The summed E-state index contributed by atoms with van der Waals surface area (Å²) in [5.41, 5.74) is 7.88. The minimum absolute atomic E-state index is 0.226. The molecule has 3 rings (SSSR count). The summed E-state index contributed by atoms with van der Waals surface area (Å²) in [4.78, 5) is 4.26. The number of anilines is 1. The Balaban J connectivity index is 1.78. The second-order valence-corrected chi connectivity index (χ2v) is 6.97. The molecule has 1 saturated heterocycles. The van der Waals surface area contributed by atoms with Crippen LogP contribution in [0.25, 0.3) is 5.70 Å². The molecule has 3 heteroatoms. The maximum Gasteiger partial charge on any atom is 0.123 e. The molecule has 2 nitrogen and oxygen atoms in total. The zero-order valence-corrected chi connectivity index (χ0v) is 15.7. The van der Waals surface area contributed by atoms with Crippen LogP contribution in [0, 0.1) is 19.7 Å². The quantitative estimate of drug-likeness (QED) is 0.739. The molecule has 1 aliphatic heterocycles. The molecule has 2 aromatic rings. The molecular formula is C23H25FN2. The monoisotopic (exact) mass is 348 g/mol. The van der Waals surface area contributed by atoms with E-state index < -0.39 is 0 Å². The Morgan fingerprint density at radius 2 is 1.81 bits per heavy atom. The number of rotatable bonds is 4. The summed E-state index contributed by atoms with van der Waals surface area (Å²) < 4.78 is 13.1. The van der Waals surface area contributed by atoms with Crippen LogP contribution in [0.1, 0.15) is 16.7 Å². The average Bonchev–Trinajstić information content (AvgIpc) is 2.97. The van der Waals surface area contributed by atoms with Gasteiger partial charge in [0.2, 0.25) is 0 Å². The summed E-state index contributed by atoms with van der Waals surface area (Å²) in [5.74, 6) is -0.226. The van der Waals surface area contributed by atoms with Crippen molar-refractivity contribution in [3.05, 3.63) is 95.5 Å². The summed E-state index contributed by atoms with van der Waals surface area (Å²) in [7, 11) is 1.97. The highest BCUT2D eigenvalue weighted by Crippen LogP contribution is 2.30. The van der Waals surface area contributed by atoms with Crippen molar-refractivity contribution in [1.29, 1.82) is 0 Å². The minimum Gasteiger partial charge on any atom is -0.363 e. The average molecular weight is 348 g/mol. The van der Waals surface area contributed by atoms with Crippen LogP contribution in [0.2, 0.25) is 0 Å². The SMILES string of the molecule is C=C1CN(C(=C)c2cc(C)ccc2C)C/C1=C/N(C)c1ccc(F)cc1. The van der Waals surface area contributed by atoms with Crippen LogP contribution in [-0.4, -0.2) is 25.0 Å². The van der Waals surface area contributed by atoms with E-state index in [4.69, 9.17) is 0 Å². The van der Waals surface area contributed by atoms with Gasteiger partial charge in [0.1, 0.15) is 5.82 Å². The Labute approximate surface area is 155 Å². The third-order valence-electron chi connectivity index (χ3n) is 4.87. The molecule has 2 aromatic carbocycles. The highest BCUT2D eigenvalue weighted by molar-refractivity contribution is 5.67. The standard InChI is InChI=1S/C23H25FN2/c1-16-6-7-17(2)23(12-16)19(4)26-13-18(3)20(15-26)14-25(5)22-10-8-21(24)9-11-22/h6-12,14H,3-4,13,15H2,1-2,5H3/b20-14-. The molecule has 0 amide bonds. The Morgan fingerprint density at radius 1 is 1.12 bits per heavy atom. The summed E-state index contributed by atoms with van der Waals surface area (Å²) in [6.45, 7) is 14.3. The molecule has 0 bridgehead atoms. The van der Waals surface area contributed by atoms with Crippen LogP contribution >= 0.6 is 0 Å². The van der Waals surface area contributed by atoms with Crippen molar-refractivity contribution < 1.29 is 4.39 Å². The van der Waals surface area contributed by atoms with Gasteiger partial charge in [0.15, 0.2) is 0 Å². The molecule has 0 saturated carbocycles. The van der Waals surface area contributed by atoms with Crippen LogP contribution in [0.5, 0.6) is 0 Å². The molecule has 1 fully saturated rings. The van der Waals surface area contributed by atoms with E-state index in [1.165, 1.54) is 34.4 Å². The van der Waals surface area contributed by atoms with Gasteiger partial charge >= 0.3 is 0 Å². The first-order chi connectivity index (χ1) is 12.3. The smallest absolute Gasteiger partial charge is 0.123 e. The van der Waals surface area contributed by atoms with Gasteiger partial charge in [-0.1, -0.05) is 30.9 Å². The summed E-state index contributed by atoms with van der Waals surface area (Å²) >= 11 is 0. The Bertz CT molecular complexity index is 878. The van der Waals surface area contributed by atoms with E-state index in [9.17, 15) is 4.39 Å². The Hall–Kier alpha value is -2.81. The van der Waals surface area contributed by atoms with Crippen molar-refractivity contribution in [1.82, 2.24) is 4.90 Å². The number of hydrogen-bond acceptors (Lipinski definition) is 2. The van der Waals surface area contributed by atoms with Crippen LogP contribution in [-0.2, 0) is 0 Å². The second kappa shape index (κ2) is 7.20. The zero-order chi connectivity index (χ0) is 18.8. The minimum atomic E-state index is -0.226. The van der Waals surface area contributed by atoms with Crippen LogP contribution in [0.4, 0.5) is 10.1 Å². The molecule has 0 spiro atoms. The van der Waals surface area contributed by atoms with E-state index in [2.05, 4.69) is 56.3 Å². The third kappa shape index (κ3) is 3.72. The predicted molar refractivity (Wildman–Crippen MR) is 109 cm³/mol. The van der Waals surface area contributed by atoms with Gasteiger partial charge < -0.3 is 9.80 Å². The van der Waals surface area contributed by atoms with Crippen molar-refractivity contribution >= 4 is 11.4 Å². The molecule has 26 heavy (non-hydrogen) atoms. The fourth-order valence-corrected chi connectivity index (χ4v) is 3.23. The highest BCUT2D eigenvalue weighted by Gasteiger charge is 2.23. The highest BCUT2D eigenvalue weighted by atomic mass is 19.1. The van der Waals surface area contributed by atoms with E-state index in [0.717, 1.165) is 30.0 Å². The number of benzene rings is 2. The first-order valence-corrected chi connectivity index (χ1v) is 8.74. The maximum atomic E-state index is 13.1. The largest absolute Gasteiger partial charge is 0.363 e. The second-order valence-electron chi connectivity index (χ2n) is 6.97. The van der Waals surface area contributed by atoms with Crippen molar-refractivity contribution in [2.24, 2.45) is 0 Å². The number of halogens is 1. The Morgan fingerprint density at radius 3 is 2.50 bits per heavy atom. The fraction of sp³-hybridized carbons (Fsp3) is 0.217. The van der Waals surface area contributed by atoms with Gasteiger partial charge in [-0.05, 0) is 60.9 Å². The molecule has 1 aliphatic rings. The number of hydrogen-bond donors (Lipinski definition) is 0. The number of nitrogens with zero attached hydrogens (tertiary/aromatic N) is 2. The van der Waals surface area contributed by atoms with Crippen LogP contribution < -0.4 is 4.90 Å². The van der Waals surface area contributed by atoms with Crippen molar-refractivity contribution in [2.75, 3.05) is 25.0 Å². The molecule has 0 aliphatic carbocycles. The lowest BCUT2D eigenvalue weighted by atomic mass is 10.0. The molecule has 134 valence electrons. The van der Waals surface area contributed by atoms with E-state index >= 15 is 0 Å². The van der Waals surface area contributed by atoms with Gasteiger partial charge in [0.05, 0.1) is 0 Å². The molecule has 0 aromatic heterocycles. The number of aryl methyl sites for hydroxylation is 2. The van der Waals surface area contributed by atoms with Gasteiger partial charge in [-0.3, -0.25) is 0 Å². The zero-order valence-electron chi connectivity index (χ0n) is 15.7. The van der Waals surface area contributed by atoms with Gasteiger partial charge in [-0.25, -0.2) is 4.39 Å². The molecule has 1 heterocycles. The summed E-state index contributed by atoms with van der Waals surface area (Å²) in [5, 5.41) is 0. The maximum absolute atomic E-state index is 13.1. The van der Waals surface area contributed by atoms with E-state index in [1.54, 1.807) is 12.1 Å². The normalized spacial score (nSPS) is 15.6. The van der Waals surface area contributed by atoms with Gasteiger partial charge in [-0.2, -0.15) is 0 Å². The van der Waals surface area contributed by atoms with Crippen LogP contribution in [0.15, 0.2) is 73.0 Å². The lowest BCUT2D eigenvalue weighted by Crippen LogP contribution is -2.18. The van der Waals surface area contributed by atoms with Crippen molar-refractivity contribution in [2.45, 2.75) is 13.8 Å². The van der Waals surface area contributed by atoms with Gasteiger partial charge in [-0.15, -0.1) is 0 Å². The molecule has 0 N–H and O–H groups in total. The van der Waals surface area contributed by atoms with Gasteiger partial charge in [0.25, 0.3) is 0 Å². The molecular weight excluding hydrogens is 323 g/mol. The van der Waals surface area contributed by atoms with Crippen molar-refractivity contribution in [3.63, 3.8) is 0 Å².